The molecule has 0 spiro atoms. The van der Waals surface area contributed by atoms with E-state index in [-0.39, 0.29) is 28.4 Å². The molecule has 6 heterocycles. The summed E-state index contributed by atoms with van der Waals surface area (Å²) in [5.41, 5.74) is 25.8. The highest BCUT2D eigenvalue weighted by molar-refractivity contribution is 8.00. The molecule has 0 atom stereocenters. The number of aryl methyl sites for hydroxylation is 2. The second-order valence-electron chi connectivity index (χ2n) is 25.9. The van der Waals surface area contributed by atoms with Crippen molar-refractivity contribution in [3.05, 3.63) is 161 Å². The third kappa shape index (κ3) is 6.48. The van der Waals surface area contributed by atoms with Crippen LogP contribution in [-0.2, 0) is 28.7 Å². The molecule has 2 aromatic heterocycles. The summed E-state index contributed by atoms with van der Waals surface area (Å²) in [6.45, 7) is 30.6. The van der Waals surface area contributed by atoms with E-state index < -0.39 is 0 Å². The van der Waals surface area contributed by atoms with Gasteiger partial charge >= 0.3 is 0 Å². The molecular formula is C67H64BN4S2+. The molecule has 0 aliphatic carbocycles. The number of para-hydroxylation sites is 2. The van der Waals surface area contributed by atoms with E-state index in [1.165, 1.54) is 147 Å². The topological polar surface area (TPSA) is 14.8 Å². The van der Waals surface area contributed by atoms with Crippen molar-refractivity contribution < 1.29 is 4.57 Å². The first-order valence-electron chi connectivity index (χ1n) is 26.6. The molecule has 0 N–H and O–H groups in total. The Labute approximate surface area is 445 Å². The van der Waals surface area contributed by atoms with Crippen LogP contribution in [0.1, 0.15) is 111 Å². The molecule has 0 saturated heterocycles. The first kappa shape index (κ1) is 46.2. The second-order valence-corrected chi connectivity index (χ2v) is 28.0. The molecule has 4 aliphatic heterocycles. The van der Waals surface area contributed by atoms with Crippen LogP contribution in [-0.4, -0.2) is 11.1 Å². The molecule has 4 nitrogen and oxygen atoms in total. The van der Waals surface area contributed by atoms with E-state index >= 15 is 0 Å². The van der Waals surface area contributed by atoms with Gasteiger partial charge in [0.15, 0.2) is 11.0 Å². The zero-order valence-electron chi connectivity index (χ0n) is 45.4. The van der Waals surface area contributed by atoms with Gasteiger partial charge in [0.2, 0.25) is 0 Å². The number of hydrogen-bond donors (Lipinski definition) is 0. The fraction of sp³-hybridized carbons (Fsp3) is 0.269. The van der Waals surface area contributed by atoms with Gasteiger partial charge in [-0.05, 0) is 157 Å². The molecule has 0 fully saturated rings. The first-order valence-corrected chi connectivity index (χ1v) is 28.2. The number of imidazole rings is 1. The van der Waals surface area contributed by atoms with Crippen LogP contribution in [0.4, 0.5) is 34.1 Å². The van der Waals surface area contributed by atoms with Crippen molar-refractivity contribution in [2.24, 2.45) is 7.05 Å². The van der Waals surface area contributed by atoms with E-state index in [1.807, 2.05) is 23.5 Å². The summed E-state index contributed by atoms with van der Waals surface area (Å²) >= 11 is 3.94. The zero-order valence-corrected chi connectivity index (χ0v) is 47.0. The summed E-state index contributed by atoms with van der Waals surface area (Å²) in [5, 5.41) is 3.85. The molecule has 0 saturated carbocycles. The monoisotopic (exact) mass is 999 g/mol. The largest absolute Gasteiger partial charge is 0.309 e. The molecule has 7 heteroatoms. The standard InChI is InChI=1S/C67H64BN4S2/c1-37-18-17-19-45-44-25-22-38(28-52(44)72-49-21-16-15-20-48(49)69(14)63(72)59(37)45)39-29-53-60-54(30-39)71-51-27-24-41(65(5,6)7)34-56(51)74-58-36-43(67(11,12)13)32-47(62(58)71)68(60)46-31-42(66(8,9)10)35-57-61(46)70(53)50-26-23-40(64(2,3)4)33-55(50)73-57/h15-36H,1-14H3/q+1. The minimum absolute atomic E-state index is 0.00662. The smallest absolute Gasteiger partial charge is 0.295 e. The maximum atomic E-state index is 2.69. The van der Waals surface area contributed by atoms with Gasteiger partial charge in [-0.1, -0.05) is 167 Å². The van der Waals surface area contributed by atoms with Crippen LogP contribution in [0, 0.1) is 6.92 Å². The van der Waals surface area contributed by atoms with Gasteiger partial charge in [-0.2, -0.15) is 4.40 Å². The number of aromatic nitrogens is 2. The molecule has 4 aliphatic rings. The number of fused-ring (bicyclic) bond motifs is 16. The van der Waals surface area contributed by atoms with Crippen molar-refractivity contribution in [2.45, 2.75) is 131 Å². The van der Waals surface area contributed by atoms with Crippen LogP contribution in [0.5, 0.6) is 0 Å². The van der Waals surface area contributed by atoms with E-state index in [4.69, 9.17) is 0 Å². The van der Waals surface area contributed by atoms with Crippen LogP contribution in [0.2, 0.25) is 0 Å². The van der Waals surface area contributed by atoms with E-state index in [2.05, 4.69) is 249 Å². The number of rotatable bonds is 1. The lowest BCUT2D eigenvalue weighted by Crippen LogP contribution is -2.62. The quantitative estimate of drug-likeness (QED) is 0.0924. The number of hydrogen-bond acceptors (Lipinski definition) is 4. The average Bonchev–Trinajstić information content (AvgIpc) is 3.77. The molecule has 0 unspecified atom stereocenters. The number of anilines is 6. The van der Waals surface area contributed by atoms with E-state index in [0.29, 0.717) is 0 Å². The van der Waals surface area contributed by atoms with Gasteiger partial charge in [0, 0.05) is 41.7 Å². The molecular weight excluding hydrogens is 936 g/mol. The van der Waals surface area contributed by atoms with E-state index in [1.54, 1.807) is 0 Å². The normalized spacial score (nSPS) is 14.7. The average molecular weight is 1000 g/mol. The van der Waals surface area contributed by atoms with Crippen LogP contribution in [0.3, 0.4) is 0 Å². The van der Waals surface area contributed by atoms with Gasteiger partial charge in [0.05, 0.1) is 35.2 Å². The molecule has 10 aromatic rings. The van der Waals surface area contributed by atoms with Gasteiger partial charge in [-0.25, -0.2) is 4.57 Å². The zero-order chi connectivity index (χ0) is 51.4. The van der Waals surface area contributed by atoms with Crippen LogP contribution in [0.25, 0.3) is 49.5 Å². The highest BCUT2D eigenvalue weighted by Crippen LogP contribution is 2.59. The van der Waals surface area contributed by atoms with Crippen molar-refractivity contribution in [1.29, 1.82) is 0 Å². The molecule has 0 radical (unpaired) electrons. The number of pyridine rings is 1. The predicted molar refractivity (Wildman–Crippen MR) is 318 cm³/mol. The summed E-state index contributed by atoms with van der Waals surface area (Å²) in [6, 6.07) is 53.0. The Morgan fingerprint density at radius 2 is 0.973 bits per heavy atom. The SMILES string of the molecule is Cc1cccc2c3ccc(-c4cc5c6c(c4)N4c7ccc(C(C)(C)C)cc7Sc7cc(C(C)(C)C)cc(c74)B6c4cc(C(C)(C)C)cc6c4N5c4ccc(C(C)(C)C)cc4S6)cc3n3c4ccccc4[n+](C)c3c12. The number of nitrogens with zero attached hydrogens (tertiary/aromatic N) is 4. The van der Waals surface area contributed by atoms with Gasteiger partial charge < -0.3 is 9.80 Å². The Hall–Kier alpha value is -6.41. The van der Waals surface area contributed by atoms with Crippen molar-refractivity contribution in [1.82, 2.24) is 4.40 Å². The molecule has 0 bridgehead atoms. The Balaban J connectivity index is 1.13. The third-order valence-corrected chi connectivity index (χ3v) is 19.0. The van der Waals surface area contributed by atoms with Gasteiger partial charge in [0.1, 0.15) is 5.52 Å². The Morgan fingerprint density at radius 3 is 1.51 bits per heavy atom. The highest BCUT2D eigenvalue weighted by Gasteiger charge is 2.49. The number of benzene rings is 8. The summed E-state index contributed by atoms with van der Waals surface area (Å²) in [4.78, 5) is 10.7. The fourth-order valence-corrected chi connectivity index (χ4v) is 15.1. The van der Waals surface area contributed by atoms with Crippen molar-refractivity contribution in [3.63, 3.8) is 0 Å². The summed E-state index contributed by atoms with van der Waals surface area (Å²) in [5.74, 6) is 0. The van der Waals surface area contributed by atoms with Crippen molar-refractivity contribution in [2.75, 3.05) is 9.80 Å². The van der Waals surface area contributed by atoms with Crippen LogP contribution in [0.15, 0.2) is 153 Å². The lowest BCUT2D eigenvalue weighted by Gasteiger charge is -2.48. The minimum atomic E-state index is -0.0576. The van der Waals surface area contributed by atoms with Crippen molar-refractivity contribution >= 4 is 119 Å². The lowest BCUT2D eigenvalue weighted by atomic mass is 9.33. The maximum Gasteiger partial charge on any atom is 0.295 e. The Bertz CT molecular complexity index is 4010. The molecule has 14 rings (SSSR count). The second kappa shape index (κ2) is 15.1. The van der Waals surface area contributed by atoms with Gasteiger partial charge in [-0.3, -0.25) is 0 Å². The highest BCUT2D eigenvalue weighted by atomic mass is 32.2. The fourth-order valence-electron chi connectivity index (χ4n) is 12.8. The molecule has 366 valence electrons. The molecule has 8 aromatic carbocycles. The van der Waals surface area contributed by atoms with E-state index in [0.717, 1.165) is 0 Å². The van der Waals surface area contributed by atoms with E-state index in [9.17, 15) is 0 Å². The molecule has 0 amide bonds. The summed E-state index contributed by atoms with van der Waals surface area (Å²) in [7, 11) is 2.23. The third-order valence-electron chi connectivity index (χ3n) is 16.9. The van der Waals surface area contributed by atoms with Crippen LogP contribution < -0.4 is 30.8 Å². The molecule has 74 heavy (non-hydrogen) atoms. The Morgan fingerprint density at radius 1 is 0.446 bits per heavy atom. The Kier molecular flexibility index (Phi) is 9.44. The van der Waals surface area contributed by atoms with Gasteiger partial charge in [0.25, 0.3) is 12.4 Å². The predicted octanol–water partition coefficient (Wildman–Crippen LogP) is 16.4. The maximum absolute atomic E-state index is 2.69. The van der Waals surface area contributed by atoms with Crippen LogP contribution >= 0.6 is 23.5 Å². The van der Waals surface area contributed by atoms with Gasteiger partial charge in [-0.15, -0.1) is 0 Å². The minimum Gasteiger partial charge on any atom is -0.309 e. The van der Waals surface area contributed by atoms with Crippen molar-refractivity contribution in [3.8, 4) is 11.1 Å². The first-order chi connectivity index (χ1) is 35.0. The summed E-state index contributed by atoms with van der Waals surface area (Å²) in [6.07, 6.45) is 0. The summed E-state index contributed by atoms with van der Waals surface area (Å²) < 4.78 is 4.93. The lowest BCUT2D eigenvalue weighted by molar-refractivity contribution is -0.617.